The number of aryl methyl sites for hydroxylation is 1. The van der Waals surface area contributed by atoms with Crippen LogP contribution in [0.3, 0.4) is 0 Å². The molecule has 2 aromatic heterocycles. The fraction of sp³-hybridized carbons (Fsp3) is 0.562. The molecule has 7 nitrogen and oxygen atoms in total. The van der Waals surface area contributed by atoms with Gasteiger partial charge in [-0.15, -0.1) is 0 Å². The first-order chi connectivity index (χ1) is 11.1. The van der Waals surface area contributed by atoms with Crippen LogP contribution < -0.4 is 10.6 Å². The smallest absolute Gasteiger partial charge is 0.220 e. The number of carbonyl (C=O) groups excluding carboxylic acids is 1. The lowest BCUT2D eigenvalue weighted by Crippen LogP contribution is -2.49. The van der Waals surface area contributed by atoms with Crippen molar-refractivity contribution in [3.63, 3.8) is 0 Å². The minimum atomic E-state index is -0.0821. The van der Waals surface area contributed by atoms with Gasteiger partial charge in [-0.05, 0) is 33.3 Å². The van der Waals surface area contributed by atoms with E-state index in [4.69, 9.17) is 4.52 Å². The van der Waals surface area contributed by atoms with Gasteiger partial charge in [-0.2, -0.15) is 5.10 Å². The van der Waals surface area contributed by atoms with Gasteiger partial charge < -0.3 is 15.2 Å². The first kappa shape index (κ1) is 15.7. The molecule has 0 unspecified atom stereocenters. The molecule has 1 aliphatic heterocycles. The topological polar surface area (TPSA) is 85.0 Å². The number of piperidine rings is 1. The molecule has 0 radical (unpaired) electrons. The van der Waals surface area contributed by atoms with Crippen molar-refractivity contribution in [2.75, 3.05) is 0 Å². The number of amides is 1. The van der Waals surface area contributed by atoms with Crippen LogP contribution in [0.5, 0.6) is 0 Å². The highest BCUT2D eigenvalue weighted by Gasteiger charge is 2.32. The van der Waals surface area contributed by atoms with Crippen LogP contribution in [-0.2, 0) is 11.3 Å². The van der Waals surface area contributed by atoms with Gasteiger partial charge in [0.1, 0.15) is 6.26 Å². The largest absolute Gasteiger partial charge is 0.364 e. The Morgan fingerprint density at radius 2 is 2.35 bits per heavy atom. The first-order valence-electron chi connectivity index (χ1n) is 8.02. The highest BCUT2D eigenvalue weighted by molar-refractivity contribution is 5.77. The second-order valence-electron chi connectivity index (χ2n) is 6.29. The third kappa shape index (κ3) is 3.29. The Labute approximate surface area is 135 Å². The van der Waals surface area contributed by atoms with Crippen molar-refractivity contribution < 1.29 is 9.32 Å². The molecule has 0 bridgehead atoms. The molecule has 124 valence electrons. The van der Waals surface area contributed by atoms with Gasteiger partial charge in [-0.25, -0.2) is 0 Å². The minimum Gasteiger partial charge on any atom is -0.364 e. The van der Waals surface area contributed by atoms with E-state index in [1.807, 2.05) is 17.7 Å². The van der Waals surface area contributed by atoms with Crippen LogP contribution in [0.25, 0.3) is 0 Å². The summed E-state index contributed by atoms with van der Waals surface area (Å²) in [5, 5.41) is 14.9. The van der Waals surface area contributed by atoms with E-state index in [-0.39, 0.29) is 24.0 Å². The highest BCUT2D eigenvalue weighted by Crippen LogP contribution is 2.26. The van der Waals surface area contributed by atoms with Crippen LogP contribution in [0.4, 0.5) is 0 Å². The monoisotopic (exact) mass is 317 g/mol. The van der Waals surface area contributed by atoms with Crippen LogP contribution in [-0.4, -0.2) is 26.9 Å². The van der Waals surface area contributed by atoms with Crippen LogP contribution in [0.2, 0.25) is 0 Å². The van der Waals surface area contributed by atoms with Gasteiger partial charge >= 0.3 is 0 Å². The van der Waals surface area contributed by atoms with Gasteiger partial charge in [-0.3, -0.25) is 9.48 Å². The zero-order valence-electron chi connectivity index (χ0n) is 13.7. The van der Waals surface area contributed by atoms with Gasteiger partial charge in [-0.1, -0.05) is 5.16 Å². The van der Waals surface area contributed by atoms with E-state index in [2.05, 4.69) is 34.7 Å². The minimum absolute atomic E-state index is 0.0821. The molecule has 0 saturated carbocycles. The molecule has 2 aromatic rings. The number of aromatic nitrogens is 3. The predicted molar refractivity (Wildman–Crippen MR) is 84.6 cm³/mol. The lowest BCUT2D eigenvalue weighted by molar-refractivity contribution is -0.124. The lowest BCUT2D eigenvalue weighted by atomic mass is 9.94. The van der Waals surface area contributed by atoms with E-state index in [0.29, 0.717) is 13.0 Å². The Morgan fingerprint density at radius 3 is 3.04 bits per heavy atom. The van der Waals surface area contributed by atoms with E-state index in [9.17, 15) is 4.79 Å². The van der Waals surface area contributed by atoms with E-state index in [0.717, 1.165) is 23.4 Å². The first-order valence-corrected chi connectivity index (χ1v) is 8.02. The average Bonchev–Trinajstić information content (AvgIpc) is 3.15. The number of hydrogen-bond acceptors (Lipinski definition) is 5. The Hall–Kier alpha value is -2.15. The Bertz CT molecular complexity index is 676. The van der Waals surface area contributed by atoms with E-state index in [1.165, 1.54) is 0 Å². The Kier molecular flexibility index (Phi) is 4.47. The maximum Gasteiger partial charge on any atom is 0.220 e. The maximum absolute atomic E-state index is 11.9. The standard InChI is InChI=1S/C16H23N5O2/c1-10(2)21-14(6-7-18-21)16-13(4-5-15(22)19-16)17-8-12-9-23-20-11(12)3/h6-7,9-10,13,16-17H,4-5,8H2,1-3H3,(H,19,22)/t13-,16-/m1/s1. The van der Waals surface area contributed by atoms with Crippen molar-refractivity contribution in [3.05, 3.63) is 35.5 Å². The van der Waals surface area contributed by atoms with Crippen LogP contribution in [0.15, 0.2) is 23.0 Å². The summed E-state index contributed by atoms with van der Waals surface area (Å²) in [7, 11) is 0. The van der Waals surface area contributed by atoms with Crippen molar-refractivity contribution in [3.8, 4) is 0 Å². The summed E-state index contributed by atoms with van der Waals surface area (Å²) in [6, 6.07) is 2.30. The third-order valence-electron chi connectivity index (χ3n) is 4.31. The average molecular weight is 317 g/mol. The summed E-state index contributed by atoms with van der Waals surface area (Å²) in [4.78, 5) is 11.9. The predicted octanol–water partition coefficient (Wildman–Crippen LogP) is 1.87. The summed E-state index contributed by atoms with van der Waals surface area (Å²) in [6.45, 7) is 6.77. The van der Waals surface area contributed by atoms with Crippen molar-refractivity contribution in [1.82, 2.24) is 25.6 Å². The molecule has 1 fully saturated rings. The van der Waals surface area contributed by atoms with Gasteiger partial charge in [0.15, 0.2) is 0 Å². The number of hydrogen-bond donors (Lipinski definition) is 2. The molecule has 0 aromatic carbocycles. The molecule has 7 heteroatoms. The van der Waals surface area contributed by atoms with Crippen LogP contribution in [0.1, 0.15) is 55.7 Å². The van der Waals surface area contributed by atoms with Crippen LogP contribution >= 0.6 is 0 Å². The van der Waals surface area contributed by atoms with Crippen molar-refractivity contribution in [2.45, 2.75) is 58.3 Å². The summed E-state index contributed by atoms with van der Waals surface area (Å²) < 4.78 is 6.95. The molecule has 3 heterocycles. The second-order valence-corrected chi connectivity index (χ2v) is 6.29. The van der Waals surface area contributed by atoms with Gasteiger partial charge in [0, 0.05) is 36.8 Å². The second kappa shape index (κ2) is 6.54. The molecule has 0 aliphatic carbocycles. The molecule has 1 amide bonds. The van der Waals surface area contributed by atoms with E-state index in [1.54, 1.807) is 12.5 Å². The molecule has 23 heavy (non-hydrogen) atoms. The summed E-state index contributed by atoms with van der Waals surface area (Å²) in [5.74, 6) is 0.0886. The zero-order chi connectivity index (χ0) is 16.4. The maximum atomic E-state index is 11.9. The van der Waals surface area contributed by atoms with Crippen LogP contribution in [0, 0.1) is 6.92 Å². The molecule has 3 rings (SSSR count). The van der Waals surface area contributed by atoms with Gasteiger partial charge in [0.2, 0.25) is 5.91 Å². The Balaban J connectivity index is 1.78. The molecular weight excluding hydrogens is 294 g/mol. The number of nitrogens with one attached hydrogen (secondary N) is 2. The summed E-state index contributed by atoms with van der Waals surface area (Å²) in [6.07, 6.45) is 4.78. The third-order valence-corrected chi connectivity index (χ3v) is 4.31. The molecule has 0 spiro atoms. The SMILES string of the molecule is Cc1nocc1CN[C@@H]1CCC(=O)N[C@H]1c1ccnn1C(C)C. The quantitative estimate of drug-likeness (QED) is 0.879. The number of nitrogens with zero attached hydrogens (tertiary/aromatic N) is 3. The fourth-order valence-electron chi connectivity index (χ4n) is 3.03. The number of rotatable bonds is 5. The lowest BCUT2D eigenvalue weighted by Gasteiger charge is -2.33. The molecular formula is C16H23N5O2. The molecule has 1 saturated heterocycles. The number of carbonyl (C=O) groups is 1. The summed E-state index contributed by atoms with van der Waals surface area (Å²) in [5.41, 5.74) is 2.96. The summed E-state index contributed by atoms with van der Waals surface area (Å²) >= 11 is 0. The highest BCUT2D eigenvalue weighted by atomic mass is 16.5. The zero-order valence-corrected chi connectivity index (χ0v) is 13.7. The van der Waals surface area contributed by atoms with Gasteiger partial charge in [0.05, 0.1) is 17.4 Å². The van der Waals surface area contributed by atoms with Crippen molar-refractivity contribution in [1.29, 1.82) is 0 Å². The van der Waals surface area contributed by atoms with E-state index < -0.39 is 0 Å². The fourth-order valence-corrected chi connectivity index (χ4v) is 3.03. The molecule has 1 aliphatic rings. The van der Waals surface area contributed by atoms with Crippen molar-refractivity contribution in [2.24, 2.45) is 0 Å². The van der Waals surface area contributed by atoms with Gasteiger partial charge in [0.25, 0.3) is 0 Å². The normalized spacial score (nSPS) is 21.7. The molecule has 2 N–H and O–H groups in total. The molecule has 2 atom stereocenters. The Morgan fingerprint density at radius 1 is 1.52 bits per heavy atom. The van der Waals surface area contributed by atoms with Crippen molar-refractivity contribution >= 4 is 5.91 Å². The van der Waals surface area contributed by atoms with E-state index >= 15 is 0 Å².